The third-order valence-corrected chi connectivity index (χ3v) is 5.13. The molecule has 1 aliphatic heterocycles. The number of hydrazone groups is 1. The maximum Gasteiger partial charge on any atom is 0.244 e. The summed E-state index contributed by atoms with van der Waals surface area (Å²) in [6.45, 7) is 13.6. The Labute approximate surface area is 177 Å². The summed E-state index contributed by atoms with van der Waals surface area (Å²) in [5, 5.41) is 26.8. The Morgan fingerprint density at radius 2 is 1.53 bits per heavy atom. The van der Waals surface area contributed by atoms with E-state index in [1.165, 1.54) is 11.9 Å². The molecule has 0 spiro atoms. The van der Waals surface area contributed by atoms with Crippen LogP contribution in [0.2, 0.25) is 0 Å². The van der Waals surface area contributed by atoms with Crippen LogP contribution in [-0.2, 0) is 20.4 Å². The topological polar surface area (TPSA) is 82.4 Å². The standard InChI is InChI=1S/C24H30N2O4/c1-14(27)26-22(30-21(25-26)16-10-8-9-11-19(16)28)15-12-17(23(2,3)4)20(29)18(13-15)24(5,6)7/h8-13,22,28-29H,1-7H3. The third kappa shape index (κ3) is 3.99. The number of para-hydroxylation sites is 1. The van der Waals surface area contributed by atoms with Crippen molar-refractivity contribution in [1.29, 1.82) is 0 Å². The predicted molar refractivity (Wildman–Crippen MR) is 116 cm³/mol. The molecule has 2 aromatic carbocycles. The number of carbonyl (C=O) groups is 1. The van der Waals surface area contributed by atoms with Crippen LogP contribution < -0.4 is 0 Å². The molecule has 0 saturated carbocycles. The molecule has 0 saturated heterocycles. The number of benzene rings is 2. The van der Waals surface area contributed by atoms with Gasteiger partial charge in [0.25, 0.3) is 0 Å². The minimum Gasteiger partial charge on any atom is -0.507 e. The Kier molecular flexibility index (Phi) is 5.31. The smallest absolute Gasteiger partial charge is 0.244 e. The van der Waals surface area contributed by atoms with E-state index in [0.29, 0.717) is 11.1 Å². The van der Waals surface area contributed by atoms with Crippen molar-refractivity contribution in [2.45, 2.75) is 65.5 Å². The Hall–Kier alpha value is -3.02. The summed E-state index contributed by atoms with van der Waals surface area (Å²) < 4.78 is 6.08. The van der Waals surface area contributed by atoms with E-state index in [1.54, 1.807) is 24.3 Å². The minimum absolute atomic E-state index is 0.0249. The summed E-state index contributed by atoms with van der Waals surface area (Å²) >= 11 is 0. The van der Waals surface area contributed by atoms with Gasteiger partial charge in [-0.25, -0.2) is 0 Å². The molecule has 1 amide bonds. The van der Waals surface area contributed by atoms with Crippen LogP contribution in [0.25, 0.3) is 0 Å². The first-order valence-electron chi connectivity index (χ1n) is 10.0. The number of hydrogen-bond donors (Lipinski definition) is 2. The zero-order valence-corrected chi connectivity index (χ0v) is 18.6. The number of rotatable bonds is 2. The Balaban J connectivity index is 2.15. The highest BCUT2D eigenvalue weighted by Gasteiger charge is 2.36. The molecule has 2 aromatic rings. The van der Waals surface area contributed by atoms with Crippen LogP contribution >= 0.6 is 0 Å². The van der Waals surface area contributed by atoms with Gasteiger partial charge in [-0.2, -0.15) is 5.01 Å². The molecule has 1 atom stereocenters. The van der Waals surface area contributed by atoms with Crippen LogP contribution in [0.3, 0.4) is 0 Å². The van der Waals surface area contributed by atoms with Crippen LogP contribution in [0.5, 0.6) is 11.5 Å². The molecule has 1 aliphatic rings. The van der Waals surface area contributed by atoms with Gasteiger partial charge >= 0.3 is 0 Å². The summed E-state index contributed by atoms with van der Waals surface area (Å²) in [5.74, 6) is 0.175. The fraction of sp³-hybridized carbons (Fsp3) is 0.417. The third-order valence-electron chi connectivity index (χ3n) is 5.13. The number of phenolic OH excluding ortho intramolecular Hbond substituents is 2. The van der Waals surface area contributed by atoms with Crippen molar-refractivity contribution in [1.82, 2.24) is 5.01 Å². The van der Waals surface area contributed by atoms with Crippen LogP contribution in [0.4, 0.5) is 0 Å². The van der Waals surface area contributed by atoms with Gasteiger partial charge in [-0.1, -0.05) is 53.7 Å². The lowest BCUT2D eigenvalue weighted by Crippen LogP contribution is -2.26. The van der Waals surface area contributed by atoms with Crippen molar-refractivity contribution in [3.05, 3.63) is 58.7 Å². The van der Waals surface area contributed by atoms with Gasteiger partial charge in [0.1, 0.15) is 11.5 Å². The van der Waals surface area contributed by atoms with Crippen molar-refractivity contribution in [3.8, 4) is 11.5 Å². The minimum atomic E-state index is -0.792. The zero-order valence-electron chi connectivity index (χ0n) is 18.6. The van der Waals surface area contributed by atoms with Crippen molar-refractivity contribution in [2.24, 2.45) is 5.10 Å². The summed E-state index contributed by atoms with van der Waals surface area (Å²) in [5.41, 5.74) is 2.03. The average Bonchev–Trinajstić information content (AvgIpc) is 3.05. The second-order valence-corrected chi connectivity index (χ2v) is 9.72. The summed E-state index contributed by atoms with van der Waals surface area (Å²) in [6.07, 6.45) is -0.792. The van der Waals surface area contributed by atoms with E-state index in [-0.39, 0.29) is 34.1 Å². The lowest BCUT2D eigenvalue weighted by atomic mass is 9.78. The SMILES string of the molecule is CC(=O)N1N=C(c2ccccc2O)OC1c1cc(C(C)(C)C)c(O)c(C(C)(C)C)c1. The average molecular weight is 411 g/mol. The van der Waals surface area contributed by atoms with E-state index in [9.17, 15) is 15.0 Å². The van der Waals surface area contributed by atoms with Gasteiger partial charge in [-0.3, -0.25) is 4.79 Å². The van der Waals surface area contributed by atoms with Gasteiger partial charge in [0.15, 0.2) is 0 Å². The second-order valence-electron chi connectivity index (χ2n) is 9.72. The first-order valence-corrected chi connectivity index (χ1v) is 10.0. The van der Waals surface area contributed by atoms with Gasteiger partial charge in [0.05, 0.1) is 5.56 Å². The molecule has 6 nitrogen and oxygen atoms in total. The fourth-order valence-corrected chi connectivity index (χ4v) is 3.49. The van der Waals surface area contributed by atoms with E-state index in [4.69, 9.17) is 4.74 Å². The zero-order chi connectivity index (χ0) is 22.4. The molecule has 6 heteroatoms. The molecule has 1 heterocycles. The predicted octanol–water partition coefficient (Wildman–Crippen LogP) is 4.93. The molecule has 0 fully saturated rings. The van der Waals surface area contributed by atoms with Crippen molar-refractivity contribution >= 4 is 11.8 Å². The van der Waals surface area contributed by atoms with E-state index < -0.39 is 6.23 Å². The maximum atomic E-state index is 12.3. The van der Waals surface area contributed by atoms with Gasteiger partial charge in [0, 0.05) is 23.6 Å². The molecule has 0 aromatic heterocycles. The van der Waals surface area contributed by atoms with E-state index >= 15 is 0 Å². The van der Waals surface area contributed by atoms with E-state index in [1.807, 2.05) is 53.7 Å². The highest BCUT2D eigenvalue weighted by atomic mass is 16.5. The van der Waals surface area contributed by atoms with Crippen LogP contribution in [0.15, 0.2) is 41.5 Å². The lowest BCUT2D eigenvalue weighted by molar-refractivity contribution is -0.135. The Morgan fingerprint density at radius 3 is 2.00 bits per heavy atom. The first-order chi connectivity index (χ1) is 13.8. The summed E-state index contributed by atoms with van der Waals surface area (Å²) in [4.78, 5) is 12.3. The quantitative estimate of drug-likeness (QED) is 0.735. The molecule has 0 bridgehead atoms. The maximum absolute atomic E-state index is 12.3. The lowest BCUT2D eigenvalue weighted by Gasteiger charge is -2.30. The number of nitrogens with zero attached hydrogens (tertiary/aromatic N) is 2. The Morgan fingerprint density at radius 1 is 1.00 bits per heavy atom. The van der Waals surface area contributed by atoms with Gasteiger partial charge < -0.3 is 14.9 Å². The van der Waals surface area contributed by atoms with E-state index in [2.05, 4.69) is 5.10 Å². The van der Waals surface area contributed by atoms with Crippen LogP contribution in [0.1, 0.15) is 76.9 Å². The molecule has 3 rings (SSSR count). The Bertz CT molecular complexity index is 978. The molecule has 160 valence electrons. The van der Waals surface area contributed by atoms with Gasteiger partial charge in [0.2, 0.25) is 18.0 Å². The highest BCUT2D eigenvalue weighted by Crippen LogP contribution is 2.43. The molecule has 1 unspecified atom stereocenters. The van der Waals surface area contributed by atoms with Crippen LogP contribution in [-0.4, -0.2) is 27.0 Å². The molecule has 0 aliphatic carbocycles. The van der Waals surface area contributed by atoms with Gasteiger partial charge in [-0.15, -0.1) is 5.10 Å². The second kappa shape index (κ2) is 7.35. The monoisotopic (exact) mass is 410 g/mol. The molecular weight excluding hydrogens is 380 g/mol. The van der Waals surface area contributed by atoms with Crippen molar-refractivity contribution < 1.29 is 19.7 Å². The molecule has 2 N–H and O–H groups in total. The van der Waals surface area contributed by atoms with Gasteiger partial charge in [-0.05, 0) is 35.1 Å². The molecule has 0 radical (unpaired) electrons. The molecular formula is C24H30N2O4. The number of amides is 1. The number of phenols is 2. The first kappa shape index (κ1) is 21.7. The fourth-order valence-electron chi connectivity index (χ4n) is 3.49. The van der Waals surface area contributed by atoms with Crippen molar-refractivity contribution in [3.63, 3.8) is 0 Å². The van der Waals surface area contributed by atoms with E-state index in [0.717, 1.165) is 11.1 Å². The summed E-state index contributed by atoms with van der Waals surface area (Å²) in [6, 6.07) is 10.4. The molecule has 30 heavy (non-hydrogen) atoms. The number of ether oxygens (including phenoxy) is 1. The normalized spacial score (nSPS) is 17.0. The highest BCUT2D eigenvalue weighted by molar-refractivity contribution is 5.98. The van der Waals surface area contributed by atoms with Crippen molar-refractivity contribution in [2.75, 3.05) is 0 Å². The number of hydrogen-bond acceptors (Lipinski definition) is 5. The largest absolute Gasteiger partial charge is 0.507 e. The number of carbonyl (C=O) groups excluding carboxylic acids is 1. The number of aromatic hydroxyl groups is 2. The van der Waals surface area contributed by atoms with Crippen LogP contribution in [0, 0.1) is 0 Å². The summed E-state index contributed by atoms with van der Waals surface area (Å²) in [7, 11) is 0.